The summed E-state index contributed by atoms with van der Waals surface area (Å²) in [5, 5.41) is 3.48. The molecule has 2 N–H and O–H groups in total. The average Bonchev–Trinajstić information content (AvgIpc) is 3.04. The van der Waals surface area contributed by atoms with E-state index in [4.69, 9.17) is 9.73 Å². The molecule has 0 amide bonds. The number of unbranched alkanes of at least 4 members (excludes halogenated alkanes) is 6. The van der Waals surface area contributed by atoms with E-state index < -0.39 is 5.60 Å². The number of guanidine groups is 1. The van der Waals surface area contributed by atoms with Crippen molar-refractivity contribution in [2.45, 2.75) is 129 Å². The van der Waals surface area contributed by atoms with Crippen molar-refractivity contribution in [3.8, 4) is 0 Å². The van der Waals surface area contributed by atoms with Gasteiger partial charge in [-0.25, -0.2) is 9.79 Å². The first kappa shape index (κ1) is 22.3. The number of nitrogens with one attached hydrogen (secondary N) is 2. The second-order valence-electron chi connectivity index (χ2n) is 10.2. The maximum atomic E-state index is 12.8. The van der Waals surface area contributed by atoms with Crippen LogP contribution in [0.2, 0.25) is 0 Å². The highest BCUT2D eigenvalue weighted by molar-refractivity contribution is 5.93. The molecule has 0 spiro atoms. The number of allylic oxidation sites excluding steroid dienone is 1. The molecule has 1 fully saturated rings. The van der Waals surface area contributed by atoms with E-state index in [1.165, 1.54) is 62.7 Å². The number of carbonyl (C=O) groups excluding carboxylic acids is 1. The molecule has 5 heteroatoms. The van der Waals surface area contributed by atoms with Gasteiger partial charge in [0, 0.05) is 25.0 Å². The molecule has 3 aliphatic heterocycles. The summed E-state index contributed by atoms with van der Waals surface area (Å²) in [5.41, 5.74) is 1.31. The Bertz CT molecular complexity index is 647. The minimum absolute atomic E-state index is 0.162. The number of aliphatic imine (C=N–C) groups is 1. The Morgan fingerprint density at radius 3 is 2.52 bits per heavy atom. The normalized spacial score (nSPS) is 28.7. The van der Waals surface area contributed by atoms with Gasteiger partial charge in [0.25, 0.3) is 0 Å². The van der Waals surface area contributed by atoms with Crippen LogP contribution in [-0.2, 0) is 9.53 Å². The zero-order valence-electron chi connectivity index (χ0n) is 19.3. The molecule has 0 saturated carbocycles. The van der Waals surface area contributed by atoms with Crippen LogP contribution in [0.1, 0.15) is 105 Å². The maximum absolute atomic E-state index is 12.8. The third-order valence-corrected chi connectivity index (χ3v) is 6.58. The molecular formula is C24H42N3O2+. The molecule has 0 aromatic carbocycles. The van der Waals surface area contributed by atoms with E-state index in [9.17, 15) is 4.79 Å². The van der Waals surface area contributed by atoms with Crippen molar-refractivity contribution < 1.29 is 14.4 Å². The number of ether oxygens (including phenoxy) is 1. The number of carbonyl (C=O) groups is 1. The minimum atomic E-state index is -0.463. The molecule has 1 saturated heterocycles. The topological polar surface area (TPSA) is 55.1 Å². The summed E-state index contributed by atoms with van der Waals surface area (Å²) in [6.45, 7) is 10.1. The van der Waals surface area contributed by atoms with Crippen LogP contribution in [0, 0.1) is 0 Å². The molecule has 3 rings (SSSR count). The predicted molar refractivity (Wildman–Crippen MR) is 118 cm³/mol. The summed E-state index contributed by atoms with van der Waals surface area (Å²) >= 11 is 0. The summed E-state index contributed by atoms with van der Waals surface area (Å²) in [6, 6.07) is 1.23. The standard InChI is InChI=1S/C24H41N3O2/c1-6-7-8-9-10-11-12-13-18-16-19-14-15-20-21(22(28)29-24(3,4)5)17(2)25-23(26-18)27(19)20/h18-20H,6-16H2,1-5H3,(H,25,26)/p+1/t18-,19+,20+/m1/s1. The molecule has 29 heavy (non-hydrogen) atoms. The van der Waals surface area contributed by atoms with Gasteiger partial charge >= 0.3 is 11.9 Å². The van der Waals surface area contributed by atoms with Crippen molar-refractivity contribution in [1.29, 1.82) is 0 Å². The first-order valence-corrected chi connectivity index (χ1v) is 12.0. The largest absolute Gasteiger partial charge is 0.456 e. The number of esters is 1. The van der Waals surface area contributed by atoms with Gasteiger partial charge in [-0.2, -0.15) is 0 Å². The van der Waals surface area contributed by atoms with E-state index in [0.29, 0.717) is 12.1 Å². The molecule has 5 nitrogen and oxygen atoms in total. The van der Waals surface area contributed by atoms with E-state index in [1.807, 2.05) is 27.7 Å². The van der Waals surface area contributed by atoms with Crippen molar-refractivity contribution in [3.63, 3.8) is 0 Å². The van der Waals surface area contributed by atoms with Gasteiger partial charge < -0.3 is 4.74 Å². The van der Waals surface area contributed by atoms with Crippen molar-refractivity contribution in [1.82, 2.24) is 5.32 Å². The van der Waals surface area contributed by atoms with Gasteiger partial charge in [-0.1, -0.05) is 51.9 Å². The Morgan fingerprint density at radius 1 is 1.14 bits per heavy atom. The van der Waals surface area contributed by atoms with E-state index >= 15 is 0 Å². The van der Waals surface area contributed by atoms with Crippen molar-refractivity contribution in [2.24, 2.45) is 4.99 Å². The summed E-state index contributed by atoms with van der Waals surface area (Å²) < 4.78 is 5.71. The third-order valence-electron chi connectivity index (χ3n) is 6.58. The third kappa shape index (κ3) is 5.62. The fraction of sp³-hybridized carbons (Fsp3) is 0.833. The average molecular weight is 405 g/mol. The fourth-order valence-electron chi connectivity index (χ4n) is 5.26. The number of hydrogen-bond donors (Lipinski definition) is 2. The van der Waals surface area contributed by atoms with E-state index in [1.54, 1.807) is 0 Å². The molecule has 0 radical (unpaired) electrons. The van der Waals surface area contributed by atoms with Crippen LogP contribution in [0.25, 0.3) is 0 Å². The lowest BCUT2D eigenvalue weighted by Gasteiger charge is -2.38. The SMILES string of the molecule is CCCCCCCCC[C@@H]1C[C@@H]2CC[C@H]3C(C(=O)OC(C)(C)C)=C(C)NC(=N1)[NH+]23. The van der Waals surface area contributed by atoms with Crippen LogP contribution in [0.5, 0.6) is 0 Å². The Labute approximate surface area is 177 Å². The lowest BCUT2D eigenvalue weighted by atomic mass is 9.97. The number of hydrogen-bond acceptors (Lipinski definition) is 4. The fourth-order valence-corrected chi connectivity index (χ4v) is 5.26. The summed E-state index contributed by atoms with van der Waals surface area (Å²) in [7, 11) is 0. The Balaban J connectivity index is 1.60. The Morgan fingerprint density at radius 2 is 1.83 bits per heavy atom. The van der Waals surface area contributed by atoms with Crippen molar-refractivity contribution in [3.05, 3.63) is 11.3 Å². The smallest absolute Gasteiger partial charge is 0.342 e. The van der Waals surface area contributed by atoms with E-state index in [2.05, 4.69) is 12.2 Å². The molecule has 164 valence electrons. The lowest BCUT2D eigenvalue weighted by molar-refractivity contribution is -0.846. The quantitative estimate of drug-likeness (QED) is 0.453. The van der Waals surface area contributed by atoms with Gasteiger partial charge in [-0.15, -0.1) is 0 Å². The Kier molecular flexibility index (Phi) is 7.42. The lowest BCUT2D eigenvalue weighted by Crippen LogP contribution is -3.22. The zero-order chi connectivity index (χ0) is 21.0. The van der Waals surface area contributed by atoms with Gasteiger partial charge in [0.05, 0.1) is 12.1 Å². The van der Waals surface area contributed by atoms with Crippen LogP contribution < -0.4 is 10.2 Å². The van der Waals surface area contributed by atoms with Gasteiger partial charge in [-0.05, 0) is 34.1 Å². The molecule has 4 atom stereocenters. The van der Waals surface area contributed by atoms with E-state index in [-0.39, 0.29) is 12.0 Å². The second kappa shape index (κ2) is 9.63. The van der Waals surface area contributed by atoms with Crippen LogP contribution >= 0.6 is 0 Å². The van der Waals surface area contributed by atoms with Crippen LogP contribution in [-0.4, -0.2) is 35.7 Å². The summed E-state index contributed by atoms with van der Waals surface area (Å²) in [4.78, 5) is 19.3. The molecule has 3 aliphatic rings. The Hall–Kier alpha value is -1.36. The van der Waals surface area contributed by atoms with Crippen LogP contribution in [0.4, 0.5) is 0 Å². The maximum Gasteiger partial charge on any atom is 0.342 e. The monoisotopic (exact) mass is 404 g/mol. The highest BCUT2D eigenvalue weighted by Gasteiger charge is 2.51. The minimum Gasteiger partial charge on any atom is -0.456 e. The molecule has 0 bridgehead atoms. The summed E-state index contributed by atoms with van der Waals surface area (Å²) in [6.07, 6.45) is 14.0. The predicted octanol–water partition coefficient (Wildman–Crippen LogP) is 3.89. The van der Waals surface area contributed by atoms with Gasteiger partial charge in [0.2, 0.25) is 0 Å². The highest BCUT2D eigenvalue weighted by atomic mass is 16.6. The van der Waals surface area contributed by atoms with E-state index in [0.717, 1.165) is 30.1 Å². The van der Waals surface area contributed by atoms with Gasteiger partial charge in [0.1, 0.15) is 17.2 Å². The zero-order valence-corrected chi connectivity index (χ0v) is 19.3. The van der Waals surface area contributed by atoms with Crippen LogP contribution in [0.3, 0.4) is 0 Å². The molecule has 0 aromatic rings. The van der Waals surface area contributed by atoms with Gasteiger partial charge in [0.15, 0.2) is 0 Å². The number of quaternary nitrogens is 1. The van der Waals surface area contributed by atoms with Crippen LogP contribution in [0.15, 0.2) is 16.3 Å². The number of nitrogens with zero attached hydrogens (tertiary/aromatic N) is 1. The van der Waals surface area contributed by atoms with Gasteiger partial charge in [-0.3, -0.25) is 10.2 Å². The first-order valence-electron chi connectivity index (χ1n) is 12.0. The number of rotatable bonds is 9. The molecule has 0 aliphatic carbocycles. The van der Waals surface area contributed by atoms with Crippen molar-refractivity contribution in [2.75, 3.05) is 0 Å². The molecule has 1 unspecified atom stereocenters. The molecular weight excluding hydrogens is 362 g/mol. The van der Waals surface area contributed by atoms with Crippen molar-refractivity contribution >= 4 is 11.9 Å². The molecule has 3 heterocycles. The molecule has 0 aromatic heterocycles. The second-order valence-corrected chi connectivity index (χ2v) is 10.2. The summed E-state index contributed by atoms with van der Waals surface area (Å²) in [5.74, 6) is 0.909. The first-order chi connectivity index (χ1) is 13.8. The highest BCUT2D eigenvalue weighted by Crippen LogP contribution is 2.27.